The lowest BCUT2D eigenvalue weighted by Crippen LogP contribution is -2.56. The average molecular weight is 237 g/mol. The Morgan fingerprint density at radius 1 is 1.41 bits per heavy atom. The molecule has 6 nitrogen and oxygen atoms in total. The summed E-state index contributed by atoms with van der Waals surface area (Å²) in [6, 6.07) is 0. The van der Waals surface area contributed by atoms with E-state index in [1.807, 2.05) is 0 Å². The molecule has 1 rings (SSSR count). The van der Waals surface area contributed by atoms with Crippen molar-refractivity contribution in [2.45, 2.75) is 19.3 Å². The summed E-state index contributed by atoms with van der Waals surface area (Å²) in [6.45, 7) is 0.412. The molecule has 90 valence electrons. The van der Waals surface area contributed by atoms with Gasteiger partial charge in [0.1, 0.15) is 0 Å². The molecular weight excluding hydrogens is 225 g/mol. The number of carbonyl (C=O) groups is 3. The van der Waals surface area contributed by atoms with Crippen molar-refractivity contribution in [1.29, 1.82) is 0 Å². The second-order valence-electron chi connectivity index (χ2n) is 3.62. The molecule has 0 aromatic heterocycles. The van der Waals surface area contributed by atoms with Crippen LogP contribution in [0.2, 0.25) is 0 Å². The van der Waals surface area contributed by atoms with Crippen molar-refractivity contribution < 1.29 is 23.7 Å². The fourth-order valence-corrected chi connectivity index (χ4v) is 1.34. The lowest BCUT2D eigenvalue weighted by molar-refractivity contribution is -0.143. The topological polar surface area (TPSA) is 81.7 Å². The highest BCUT2D eigenvalue weighted by molar-refractivity contribution is 6.99. The van der Waals surface area contributed by atoms with Gasteiger partial charge < -0.3 is 19.4 Å². The highest BCUT2D eigenvalue weighted by Gasteiger charge is 2.48. The molecule has 1 fully saturated rings. The van der Waals surface area contributed by atoms with E-state index in [1.54, 1.807) is 0 Å². The molecule has 0 unspecified atom stereocenters. The number of terminal acetylenes is 1. The largest absolute Gasteiger partial charge is 0.636 e. The SMILES string of the molecule is C#CCNC(=O)[B-]1([CH2+])OC(=O)CCCC(=O)O1. The first-order valence-electron chi connectivity index (χ1n) is 5.14. The van der Waals surface area contributed by atoms with Crippen LogP contribution in [0.15, 0.2) is 0 Å². The van der Waals surface area contributed by atoms with Gasteiger partial charge in [-0.25, -0.2) is 0 Å². The molecule has 0 saturated carbocycles. The van der Waals surface area contributed by atoms with Gasteiger partial charge in [-0.2, -0.15) is 0 Å². The van der Waals surface area contributed by atoms with Crippen molar-refractivity contribution in [1.82, 2.24) is 5.32 Å². The maximum absolute atomic E-state index is 11.6. The van der Waals surface area contributed by atoms with Gasteiger partial charge in [0.2, 0.25) is 5.81 Å². The molecule has 0 aromatic carbocycles. The van der Waals surface area contributed by atoms with E-state index in [0.717, 1.165) is 0 Å². The van der Waals surface area contributed by atoms with E-state index in [-0.39, 0.29) is 19.4 Å². The summed E-state index contributed by atoms with van der Waals surface area (Å²) >= 11 is 0. The minimum absolute atomic E-state index is 0.0521. The van der Waals surface area contributed by atoms with Gasteiger partial charge in [-0.05, 0) is 13.2 Å². The third kappa shape index (κ3) is 3.45. The third-order valence-corrected chi connectivity index (χ3v) is 2.17. The van der Waals surface area contributed by atoms with Gasteiger partial charge in [-0.15, -0.1) is 6.42 Å². The minimum Gasteiger partial charge on any atom is -0.610 e. The van der Waals surface area contributed by atoms with Crippen LogP contribution in [0.5, 0.6) is 0 Å². The molecule has 0 atom stereocenters. The highest BCUT2D eigenvalue weighted by atomic mass is 16.7. The molecule has 1 heterocycles. The molecule has 1 aliphatic heterocycles. The monoisotopic (exact) mass is 237 g/mol. The molecule has 0 aromatic rings. The van der Waals surface area contributed by atoms with Crippen LogP contribution in [0.1, 0.15) is 19.3 Å². The Morgan fingerprint density at radius 2 is 1.94 bits per heavy atom. The van der Waals surface area contributed by atoms with Crippen LogP contribution in [0.25, 0.3) is 0 Å². The second kappa shape index (κ2) is 5.30. The van der Waals surface area contributed by atoms with Crippen LogP contribution in [0, 0.1) is 19.2 Å². The number of nitrogens with one attached hydrogen (secondary N) is 1. The van der Waals surface area contributed by atoms with Crippen LogP contribution in [0.3, 0.4) is 0 Å². The van der Waals surface area contributed by atoms with Crippen LogP contribution < -0.4 is 5.32 Å². The molecule has 17 heavy (non-hydrogen) atoms. The molecule has 0 aliphatic carbocycles. The number of rotatable bonds is 2. The Bertz CT molecular complexity index is 369. The Balaban J connectivity index is 2.80. The average Bonchev–Trinajstić information content (AvgIpc) is 2.23. The number of amides is 1. The number of hydrogen-bond acceptors (Lipinski definition) is 5. The van der Waals surface area contributed by atoms with E-state index in [9.17, 15) is 14.4 Å². The predicted molar refractivity (Wildman–Crippen MR) is 59.4 cm³/mol. The molecule has 1 N–H and O–H groups in total. The number of carbonyl (C=O) groups excluding carboxylic acids is 3. The van der Waals surface area contributed by atoms with Crippen LogP contribution in [0.4, 0.5) is 4.79 Å². The summed E-state index contributed by atoms with van der Waals surface area (Å²) in [5.41, 5.74) is 0. The van der Waals surface area contributed by atoms with E-state index in [4.69, 9.17) is 15.7 Å². The summed E-state index contributed by atoms with van der Waals surface area (Å²) < 4.78 is 9.59. The molecule has 0 radical (unpaired) electrons. The lowest BCUT2D eigenvalue weighted by Gasteiger charge is -2.30. The highest BCUT2D eigenvalue weighted by Crippen LogP contribution is 2.15. The van der Waals surface area contributed by atoms with Crippen molar-refractivity contribution >= 4 is 24.3 Å². The van der Waals surface area contributed by atoms with Crippen molar-refractivity contribution in [3.8, 4) is 12.3 Å². The Kier molecular flexibility index (Phi) is 4.04. The quantitative estimate of drug-likeness (QED) is 0.415. The fraction of sp³-hybridized carbons (Fsp3) is 0.400. The van der Waals surface area contributed by atoms with Gasteiger partial charge in [0.05, 0.1) is 6.54 Å². The fourth-order valence-electron chi connectivity index (χ4n) is 1.34. The third-order valence-electron chi connectivity index (χ3n) is 2.17. The van der Waals surface area contributed by atoms with E-state index >= 15 is 0 Å². The van der Waals surface area contributed by atoms with Gasteiger partial charge in [-0.1, -0.05) is 5.92 Å². The normalized spacial score (nSPS) is 19.0. The van der Waals surface area contributed by atoms with Crippen molar-refractivity contribution in [3.05, 3.63) is 6.82 Å². The maximum Gasteiger partial charge on any atom is 0.636 e. The molecule has 1 aliphatic rings. The first-order chi connectivity index (χ1) is 7.98. The van der Waals surface area contributed by atoms with E-state index in [0.29, 0.717) is 6.42 Å². The molecule has 1 amide bonds. The Morgan fingerprint density at radius 3 is 2.41 bits per heavy atom. The summed E-state index contributed by atoms with van der Waals surface area (Å²) in [5.74, 6) is 0.131. The van der Waals surface area contributed by atoms with E-state index in [1.165, 1.54) is 0 Å². The molecule has 7 heteroatoms. The van der Waals surface area contributed by atoms with Crippen LogP contribution >= 0.6 is 0 Å². The molecule has 0 bridgehead atoms. The summed E-state index contributed by atoms with van der Waals surface area (Å²) in [7, 11) is 0. The summed E-state index contributed by atoms with van der Waals surface area (Å²) in [4.78, 5) is 34.2. The zero-order chi connectivity index (χ0) is 12.9. The van der Waals surface area contributed by atoms with Crippen molar-refractivity contribution in [2.24, 2.45) is 0 Å². The second-order valence-corrected chi connectivity index (χ2v) is 3.62. The van der Waals surface area contributed by atoms with Gasteiger partial charge in [-0.3, -0.25) is 9.59 Å². The van der Waals surface area contributed by atoms with Crippen LogP contribution in [-0.2, 0) is 18.9 Å². The zero-order valence-electron chi connectivity index (χ0n) is 9.23. The zero-order valence-corrected chi connectivity index (χ0v) is 9.23. The van der Waals surface area contributed by atoms with Crippen LogP contribution in [-0.4, -0.2) is 30.8 Å². The predicted octanol–water partition coefficient (Wildman–Crippen LogP) is -0.00331. The number of hydrogen-bond donors (Lipinski definition) is 1. The first kappa shape index (κ1) is 13.0. The van der Waals surface area contributed by atoms with Gasteiger partial charge in [0.25, 0.3) is 11.9 Å². The minimum atomic E-state index is -2.91. The molecular formula is C10H12BNO5. The van der Waals surface area contributed by atoms with E-state index in [2.05, 4.69) is 18.1 Å². The lowest BCUT2D eigenvalue weighted by atomic mass is 9.58. The Labute approximate surface area is 99.0 Å². The van der Waals surface area contributed by atoms with E-state index < -0.39 is 24.3 Å². The first-order valence-corrected chi connectivity index (χ1v) is 5.14. The molecule has 1 saturated heterocycles. The summed E-state index contributed by atoms with van der Waals surface area (Å²) in [6.07, 6.45) is 5.40. The van der Waals surface area contributed by atoms with Crippen molar-refractivity contribution in [2.75, 3.05) is 6.54 Å². The van der Waals surface area contributed by atoms with Gasteiger partial charge in [0.15, 0.2) is 0 Å². The molecule has 0 spiro atoms. The van der Waals surface area contributed by atoms with Crippen molar-refractivity contribution in [3.63, 3.8) is 0 Å². The summed E-state index contributed by atoms with van der Waals surface area (Å²) in [5, 5.41) is 2.27. The Hall–Kier alpha value is -2.10. The van der Waals surface area contributed by atoms with Gasteiger partial charge >= 0.3 is 6.55 Å². The standard InChI is InChI=1S/C10H12BNO5/c1-3-7-12-10(15)11(2)16-8(13)5-4-6-9(14)17-11/h1H,2,4-7H2,(H,12,15). The van der Waals surface area contributed by atoms with Gasteiger partial charge in [0, 0.05) is 12.8 Å². The maximum atomic E-state index is 11.6. The smallest absolute Gasteiger partial charge is 0.610 e.